The van der Waals surface area contributed by atoms with Gasteiger partial charge in [-0.05, 0) is 30.3 Å². The second-order valence-electron chi connectivity index (χ2n) is 4.75. The molecule has 0 aliphatic rings. The largest absolute Gasteiger partial charge is 0.465 e. The van der Waals surface area contributed by atoms with Crippen LogP contribution in [-0.4, -0.2) is 24.9 Å². The quantitative estimate of drug-likeness (QED) is 0.619. The number of esters is 1. The summed E-state index contributed by atoms with van der Waals surface area (Å²) < 4.78 is 6.15. The number of rotatable bonds is 5. The highest BCUT2D eigenvalue weighted by Crippen LogP contribution is 2.10. The van der Waals surface area contributed by atoms with Gasteiger partial charge in [0.15, 0.2) is 12.4 Å². The smallest absolute Gasteiger partial charge is 0.337 e. The van der Waals surface area contributed by atoms with Crippen molar-refractivity contribution in [3.05, 3.63) is 59.9 Å². The Morgan fingerprint density at radius 1 is 1.13 bits per heavy atom. The molecule has 2 aromatic rings. The number of methoxy groups -OCH3 is 1. The number of carbonyl (C=O) groups excluding carboxylic acids is 3. The highest BCUT2D eigenvalue weighted by Gasteiger charge is 2.12. The molecule has 0 bridgehead atoms. The molecule has 0 aliphatic carbocycles. The molecule has 23 heavy (non-hydrogen) atoms. The molecule has 2 amide bonds. The van der Waals surface area contributed by atoms with Crippen molar-refractivity contribution in [2.45, 2.75) is 6.54 Å². The fourth-order valence-electron chi connectivity index (χ4n) is 1.94. The number of benzene rings is 1. The zero-order chi connectivity index (χ0) is 16.8. The first kappa shape index (κ1) is 16.2. The van der Waals surface area contributed by atoms with Gasteiger partial charge in [0, 0.05) is 11.8 Å². The van der Waals surface area contributed by atoms with Crippen LogP contribution in [-0.2, 0) is 16.1 Å². The van der Waals surface area contributed by atoms with Crippen molar-refractivity contribution >= 4 is 23.5 Å². The van der Waals surface area contributed by atoms with Crippen LogP contribution < -0.4 is 15.6 Å². The number of anilines is 1. The van der Waals surface area contributed by atoms with Gasteiger partial charge in [0.05, 0.1) is 12.7 Å². The Hall–Kier alpha value is -3.22. The van der Waals surface area contributed by atoms with E-state index < -0.39 is 11.9 Å². The molecule has 1 aromatic carbocycles. The van der Waals surface area contributed by atoms with Crippen LogP contribution in [0.15, 0.2) is 48.8 Å². The molecular formula is C16H16N3O4+. The predicted molar refractivity (Wildman–Crippen MR) is 81.6 cm³/mol. The lowest BCUT2D eigenvalue weighted by Gasteiger charge is -2.04. The molecule has 0 spiro atoms. The lowest BCUT2D eigenvalue weighted by molar-refractivity contribution is -0.684. The fourth-order valence-corrected chi connectivity index (χ4v) is 1.94. The number of ether oxygens (including phenoxy) is 1. The van der Waals surface area contributed by atoms with E-state index in [0.717, 1.165) is 0 Å². The van der Waals surface area contributed by atoms with Crippen LogP contribution in [0.1, 0.15) is 20.7 Å². The van der Waals surface area contributed by atoms with Gasteiger partial charge < -0.3 is 15.8 Å². The van der Waals surface area contributed by atoms with E-state index in [2.05, 4.69) is 10.1 Å². The van der Waals surface area contributed by atoms with Crippen LogP contribution in [0.3, 0.4) is 0 Å². The van der Waals surface area contributed by atoms with Crippen molar-refractivity contribution in [1.82, 2.24) is 0 Å². The molecule has 0 saturated heterocycles. The Kier molecular flexibility index (Phi) is 5.03. The first-order valence-corrected chi connectivity index (χ1v) is 6.76. The average Bonchev–Trinajstić information content (AvgIpc) is 2.55. The number of nitrogens with zero attached hydrogens (tertiary/aromatic N) is 1. The van der Waals surface area contributed by atoms with Crippen molar-refractivity contribution in [3.63, 3.8) is 0 Å². The van der Waals surface area contributed by atoms with E-state index in [4.69, 9.17) is 5.73 Å². The minimum absolute atomic E-state index is 0.0277. The van der Waals surface area contributed by atoms with E-state index in [1.54, 1.807) is 47.2 Å². The second-order valence-corrected chi connectivity index (χ2v) is 4.75. The Balaban J connectivity index is 2.01. The molecule has 2 rings (SSSR count). The minimum atomic E-state index is -0.557. The summed E-state index contributed by atoms with van der Waals surface area (Å²) >= 11 is 0. The monoisotopic (exact) mass is 314 g/mol. The summed E-state index contributed by atoms with van der Waals surface area (Å²) in [4.78, 5) is 34.4. The summed E-state index contributed by atoms with van der Waals surface area (Å²) in [6.45, 7) is 0.0277. The SMILES string of the molecule is COC(=O)c1ccc(NC(=O)C[n+]2cccc(C(N)=O)c2)cc1. The van der Waals surface area contributed by atoms with Gasteiger partial charge in [-0.1, -0.05) is 0 Å². The Labute approximate surface area is 132 Å². The summed E-state index contributed by atoms with van der Waals surface area (Å²) in [7, 11) is 1.30. The maximum absolute atomic E-state index is 12.0. The van der Waals surface area contributed by atoms with Crippen LogP contribution in [0.25, 0.3) is 0 Å². The molecule has 0 atom stereocenters. The van der Waals surface area contributed by atoms with Crippen LogP contribution >= 0.6 is 0 Å². The number of nitrogens with one attached hydrogen (secondary N) is 1. The normalized spacial score (nSPS) is 9.96. The molecule has 0 saturated carbocycles. The minimum Gasteiger partial charge on any atom is -0.465 e. The van der Waals surface area contributed by atoms with E-state index in [0.29, 0.717) is 16.8 Å². The second kappa shape index (κ2) is 7.17. The van der Waals surface area contributed by atoms with Crippen LogP contribution in [0.5, 0.6) is 0 Å². The third-order valence-corrected chi connectivity index (χ3v) is 3.06. The summed E-state index contributed by atoms with van der Waals surface area (Å²) in [6.07, 6.45) is 3.16. The van der Waals surface area contributed by atoms with Gasteiger partial charge in [-0.3, -0.25) is 9.59 Å². The fraction of sp³-hybridized carbons (Fsp3) is 0.125. The van der Waals surface area contributed by atoms with Crippen molar-refractivity contribution in [1.29, 1.82) is 0 Å². The Bertz CT molecular complexity index is 741. The van der Waals surface area contributed by atoms with E-state index in [-0.39, 0.29) is 12.5 Å². The zero-order valence-electron chi connectivity index (χ0n) is 12.5. The summed E-state index contributed by atoms with van der Waals surface area (Å²) in [5.41, 5.74) is 6.47. The molecule has 3 N–H and O–H groups in total. The van der Waals surface area contributed by atoms with Crippen molar-refractivity contribution in [2.75, 3.05) is 12.4 Å². The lowest BCUT2D eigenvalue weighted by atomic mass is 10.2. The van der Waals surface area contributed by atoms with E-state index >= 15 is 0 Å². The Morgan fingerprint density at radius 2 is 1.83 bits per heavy atom. The number of hydrogen-bond acceptors (Lipinski definition) is 4. The molecule has 118 valence electrons. The number of pyridine rings is 1. The molecule has 1 aromatic heterocycles. The third-order valence-electron chi connectivity index (χ3n) is 3.06. The number of carbonyl (C=O) groups is 3. The molecular weight excluding hydrogens is 298 g/mol. The lowest BCUT2D eigenvalue weighted by Crippen LogP contribution is -2.40. The van der Waals surface area contributed by atoms with Crippen LogP contribution in [0.4, 0.5) is 5.69 Å². The predicted octanol–water partition coefficient (Wildman–Crippen LogP) is 0.498. The molecule has 7 heteroatoms. The van der Waals surface area contributed by atoms with E-state index in [1.807, 2.05) is 0 Å². The average molecular weight is 314 g/mol. The topological polar surface area (TPSA) is 102 Å². The molecule has 0 radical (unpaired) electrons. The van der Waals surface area contributed by atoms with Crippen molar-refractivity contribution in [2.24, 2.45) is 5.73 Å². The summed E-state index contributed by atoms with van der Waals surface area (Å²) in [6, 6.07) is 9.54. The van der Waals surface area contributed by atoms with Gasteiger partial charge in [-0.25, -0.2) is 4.79 Å². The Morgan fingerprint density at radius 3 is 2.43 bits per heavy atom. The number of amides is 2. The van der Waals surface area contributed by atoms with Crippen LogP contribution in [0, 0.1) is 0 Å². The van der Waals surface area contributed by atoms with Gasteiger partial charge in [-0.2, -0.15) is 4.57 Å². The highest BCUT2D eigenvalue weighted by atomic mass is 16.5. The van der Waals surface area contributed by atoms with E-state index in [9.17, 15) is 14.4 Å². The molecule has 0 aliphatic heterocycles. The molecule has 0 unspecified atom stereocenters. The number of hydrogen-bond donors (Lipinski definition) is 2. The van der Waals surface area contributed by atoms with Gasteiger partial charge in [0.2, 0.25) is 6.54 Å². The standard InChI is InChI=1S/C16H15N3O4/c1-23-16(22)11-4-6-13(7-5-11)18-14(20)10-19-8-2-3-12(9-19)15(17)21/h2-9H,10H2,1H3,(H2-,17,18,20,21,22)/p+1. The first-order valence-electron chi connectivity index (χ1n) is 6.76. The summed E-state index contributed by atoms with van der Waals surface area (Å²) in [5, 5.41) is 2.70. The van der Waals surface area contributed by atoms with Crippen molar-refractivity contribution < 1.29 is 23.7 Å². The van der Waals surface area contributed by atoms with Crippen molar-refractivity contribution in [3.8, 4) is 0 Å². The maximum atomic E-state index is 12.0. The molecule has 0 fully saturated rings. The van der Waals surface area contributed by atoms with Gasteiger partial charge in [0.25, 0.3) is 11.8 Å². The number of primary amides is 1. The highest BCUT2D eigenvalue weighted by molar-refractivity contribution is 5.93. The number of aromatic nitrogens is 1. The van der Waals surface area contributed by atoms with Gasteiger partial charge in [-0.15, -0.1) is 0 Å². The third kappa shape index (κ3) is 4.37. The zero-order valence-corrected chi connectivity index (χ0v) is 12.5. The maximum Gasteiger partial charge on any atom is 0.337 e. The summed E-state index contributed by atoms with van der Waals surface area (Å²) in [5.74, 6) is -1.28. The first-order chi connectivity index (χ1) is 11.0. The van der Waals surface area contributed by atoms with E-state index in [1.165, 1.54) is 13.3 Å². The molecule has 7 nitrogen and oxygen atoms in total. The molecule has 1 heterocycles. The van der Waals surface area contributed by atoms with Crippen LogP contribution in [0.2, 0.25) is 0 Å². The van der Waals surface area contributed by atoms with Gasteiger partial charge in [0.1, 0.15) is 5.56 Å². The van der Waals surface area contributed by atoms with Gasteiger partial charge >= 0.3 is 5.97 Å². The number of nitrogens with two attached hydrogens (primary N) is 1.